The van der Waals surface area contributed by atoms with Crippen molar-refractivity contribution >= 4 is 22.9 Å². The Morgan fingerprint density at radius 1 is 1.62 bits per heavy atom. The largest absolute Gasteiger partial charge is 0.360 e. The van der Waals surface area contributed by atoms with Crippen molar-refractivity contribution in [2.24, 2.45) is 0 Å². The third-order valence-corrected chi connectivity index (χ3v) is 2.74. The molecule has 0 radical (unpaired) electrons. The van der Waals surface area contributed by atoms with Gasteiger partial charge in [-0.2, -0.15) is 0 Å². The summed E-state index contributed by atoms with van der Waals surface area (Å²) in [7, 11) is 0. The van der Waals surface area contributed by atoms with E-state index >= 15 is 0 Å². The molecule has 2 heterocycles. The Kier molecular flexibility index (Phi) is 3.16. The van der Waals surface area contributed by atoms with E-state index < -0.39 is 0 Å². The number of carbonyl (C=O) groups excluding carboxylic acids is 1. The standard InChI is InChI=1S/C11H10N2O2S/c1-8-7-11(13-15-8)12-5-4-9(14)10-3-2-6-16-10/h2-7H,1H3,(H,12,13)/b5-4-. The molecular weight excluding hydrogens is 224 g/mol. The molecule has 0 unspecified atom stereocenters. The van der Waals surface area contributed by atoms with Crippen LogP contribution in [-0.4, -0.2) is 10.9 Å². The maximum atomic E-state index is 11.5. The molecule has 2 rings (SSSR count). The van der Waals surface area contributed by atoms with Crippen LogP contribution < -0.4 is 5.32 Å². The molecule has 1 N–H and O–H groups in total. The number of thiophene rings is 1. The molecule has 0 amide bonds. The number of hydrogen-bond donors (Lipinski definition) is 1. The van der Waals surface area contributed by atoms with Gasteiger partial charge in [0.1, 0.15) is 5.76 Å². The van der Waals surface area contributed by atoms with E-state index in [4.69, 9.17) is 4.52 Å². The first-order valence-electron chi connectivity index (χ1n) is 4.70. The van der Waals surface area contributed by atoms with Crippen LogP contribution >= 0.6 is 11.3 Å². The second-order valence-electron chi connectivity index (χ2n) is 3.14. The van der Waals surface area contributed by atoms with Crippen LogP contribution in [0.1, 0.15) is 15.4 Å². The highest BCUT2D eigenvalue weighted by Crippen LogP contribution is 2.10. The molecule has 0 saturated heterocycles. The lowest BCUT2D eigenvalue weighted by Gasteiger charge is -1.91. The molecule has 0 atom stereocenters. The molecule has 0 saturated carbocycles. The van der Waals surface area contributed by atoms with Gasteiger partial charge in [0, 0.05) is 18.3 Å². The molecule has 4 nitrogen and oxygen atoms in total. The van der Waals surface area contributed by atoms with E-state index in [1.807, 2.05) is 11.4 Å². The van der Waals surface area contributed by atoms with Gasteiger partial charge < -0.3 is 9.84 Å². The lowest BCUT2D eigenvalue weighted by molar-refractivity contribution is 0.105. The zero-order valence-electron chi connectivity index (χ0n) is 8.64. The van der Waals surface area contributed by atoms with E-state index in [9.17, 15) is 4.79 Å². The van der Waals surface area contributed by atoms with Gasteiger partial charge >= 0.3 is 0 Å². The van der Waals surface area contributed by atoms with Gasteiger partial charge in [0.2, 0.25) is 0 Å². The first kappa shape index (κ1) is 10.6. The Morgan fingerprint density at radius 2 is 2.50 bits per heavy atom. The maximum Gasteiger partial charge on any atom is 0.197 e. The third kappa shape index (κ3) is 2.58. The fourth-order valence-corrected chi connectivity index (χ4v) is 1.78. The van der Waals surface area contributed by atoms with Crippen molar-refractivity contribution in [2.45, 2.75) is 6.92 Å². The lowest BCUT2D eigenvalue weighted by Crippen LogP contribution is -1.93. The first-order chi connectivity index (χ1) is 7.75. The van der Waals surface area contributed by atoms with Gasteiger partial charge in [-0.25, -0.2) is 0 Å². The van der Waals surface area contributed by atoms with Crippen LogP contribution in [0, 0.1) is 6.92 Å². The highest BCUT2D eigenvalue weighted by atomic mass is 32.1. The number of nitrogens with zero attached hydrogens (tertiary/aromatic N) is 1. The zero-order chi connectivity index (χ0) is 11.4. The number of aryl methyl sites for hydroxylation is 1. The van der Waals surface area contributed by atoms with Crippen LogP contribution in [0.3, 0.4) is 0 Å². The zero-order valence-corrected chi connectivity index (χ0v) is 9.45. The van der Waals surface area contributed by atoms with Crippen LogP contribution in [0.4, 0.5) is 5.82 Å². The van der Waals surface area contributed by atoms with Crippen molar-refractivity contribution in [3.05, 3.63) is 46.5 Å². The Balaban J connectivity index is 1.93. The first-order valence-corrected chi connectivity index (χ1v) is 5.58. The fraction of sp³-hybridized carbons (Fsp3) is 0.0909. The molecule has 0 aliphatic heterocycles. The summed E-state index contributed by atoms with van der Waals surface area (Å²) in [4.78, 5) is 12.3. The molecule has 5 heteroatoms. The van der Waals surface area contributed by atoms with Gasteiger partial charge in [0.15, 0.2) is 11.6 Å². The second kappa shape index (κ2) is 4.76. The Labute approximate surface area is 96.6 Å². The quantitative estimate of drug-likeness (QED) is 0.652. The number of carbonyl (C=O) groups is 1. The Hall–Kier alpha value is -1.88. The minimum atomic E-state index is -0.0253. The topological polar surface area (TPSA) is 55.1 Å². The summed E-state index contributed by atoms with van der Waals surface area (Å²) >= 11 is 1.42. The van der Waals surface area contributed by atoms with Gasteiger partial charge in [-0.3, -0.25) is 4.79 Å². The highest BCUT2D eigenvalue weighted by Gasteiger charge is 2.01. The predicted molar refractivity (Wildman–Crippen MR) is 62.7 cm³/mol. The molecule has 2 aromatic heterocycles. The maximum absolute atomic E-state index is 11.5. The SMILES string of the molecule is Cc1cc(N/C=C\C(=O)c2cccs2)no1. The second-order valence-corrected chi connectivity index (χ2v) is 4.09. The van der Waals surface area contributed by atoms with Crippen molar-refractivity contribution < 1.29 is 9.32 Å². The number of allylic oxidation sites excluding steroid dienone is 1. The summed E-state index contributed by atoms with van der Waals surface area (Å²) in [6.45, 7) is 1.80. The molecule has 0 aliphatic carbocycles. The molecule has 2 aromatic rings. The molecule has 0 spiro atoms. The molecular formula is C11H10N2O2S. The number of nitrogens with one attached hydrogen (secondary N) is 1. The number of ketones is 1. The lowest BCUT2D eigenvalue weighted by atomic mass is 10.3. The van der Waals surface area contributed by atoms with E-state index in [-0.39, 0.29) is 5.78 Å². The van der Waals surface area contributed by atoms with Crippen molar-refractivity contribution in [3.8, 4) is 0 Å². The van der Waals surface area contributed by atoms with E-state index in [0.717, 1.165) is 10.6 Å². The molecule has 0 aromatic carbocycles. The van der Waals surface area contributed by atoms with Crippen molar-refractivity contribution in [2.75, 3.05) is 5.32 Å². The minimum Gasteiger partial charge on any atom is -0.360 e. The molecule has 82 valence electrons. The summed E-state index contributed by atoms with van der Waals surface area (Å²) in [6, 6.07) is 5.39. The van der Waals surface area contributed by atoms with Gasteiger partial charge in [0.05, 0.1) is 4.88 Å². The summed E-state index contributed by atoms with van der Waals surface area (Å²) in [5.41, 5.74) is 0. The Morgan fingerprint density at radius 3 is 3.12 bits per heavy atom. The van der Waals surface area contributed by atoms with Crippen molar-refractivity contribution in [1.82, 2.24) is 5.16 Å². The summed E-state index contributed by atoms with van der Waals surface area (Å²) < 4.78 is 4.87. The van der Waals surface area contributed by atoms with Crippen molar-refractivity contribution in [3.63, 3.8) is 0 Å². The minimum absolute atomic E-state index is 0.0253. The van der Waals surface area contributed by atoms with Crippen LogP contribution in [0.25, 0.3) is 0 Å². The van der Waals surface area contributed by atoms with E-state index in [1.165, 1.54) is 17.4 Å². The number of aromatic nitrogens is 1. The van der Waals surface area contributed by atoms with E-state index in [0.29, 0.717) is 5.82 Å². The van der Waals surface area contributed by atoms with Crippen LogP contribution in [0.15, 0.2) is 40.4 Å². The number of rotatable bonds is 4. The molecule has 0 fully saturated rings. The number of anilines is 1. The van der Waals surface area contributed by atoms with Crippen LogP contribution in [0.5, 0.6) is 0 Å². The Bertz CT molecular complexity index is 500. The summed E-state index contributed by atoms with van der Waals surface area (Å²) in [5, 5.41) is 8.46. The van der Waals surface area contributed by atoms with Gasteiger partial charge in [-0.05, 0) is 18.4 Å². The van der Waals surface area contributed by atoms with Crippen LogP contribution in [-0.2, 0) is 0 Å². The van der Waals surface area contributed by atoms with Crippen molar-refractivity contribution in [1.29, 1.82) is 0 Å². The normalized spacial score (nSPS) is 10.8. The van der Waals surface area contributed by atoms with Gasteiger partial charge in [-0.1, -0.05) is 11.2 Å². The fourth-order valence-electron chi connectivity index (χ4n) is 1.14. The van der Waals surface area contributed by atoms with Crippen LogP contribution in [0.2, 0.25) is 0 Å². The third-order valence-electron chi connectivity index (χ3n) is 1.86. The van der Waals surface area contributed by atoms with Gasteiger partial charge in [0.25, 0.3) is 0 Å². The molecule has 0 bridgehead atoms. The molecule has 16 heavy (non-hydrogen) atoms. The van der Waals surface area contributed by atoms with Gasteiger partial charge in [-0.15, -0.1) is 11.3 Å². The average Bonchev–Trinajstić information content (AvgIpc) is 2.89. The van der Waals surface area contributed by atoms with E-state index in [1.54, 1.807) is 25.3 Å². The smallest absolute Gasteiger partial charge is 0.197 e. The average molecular weight is 234 g/mol. The monoisotopic (exact) mass is 234 g/mol. The summed E-state index contributed by atoms with van der Waals surface area (Å²) in [6.07, 6.45) is 3.02. The summed E-state index contributed by atoms with van der Waals surface area (Å²) in [5.74, 6) is 1.29. The number of hydrogen-bond acceptors (Lipinski definition) is 5. The van der Waals surface area contributed by atoms with E-state index in [2.05, 4.69) is 10.5 Å². The molecule has 0 aliphatic rings. The highest BCUT2D eigenvalue weighted by molar-refractivity contribution is 7.12. The predicted octanol–water partition coefficient (Wildman–Crippen LogP) is 2.85.